The summed E-state index contributed by atoms with van der Waals surface area (Å²) >= 11 is 0. The summed E-state index contributed by atoms with van der Waals surface area (Å²) < 4.78 is 13.7. The quantitative estimate of drug-likeness (QED) is 0.929. The number of hydrogen-bond acceptors (Lipinski definition) is 2. The van der Waals surface area contributed by atoms with E-state index in [1.165, 1.54) is 12.1 Å². The van der Waals surface area contributed by atoms with Crippen LogP contribution in [0.25, 0.3) is 11.1 Å². The van der Waals surface area contributed by atoms with Crippen molar-refractivity contribution in [2.24, 2.45) is 0 Å². The highest BCUT2D eigenvalue weighted by Crippen LogP contribution is 2.29. The van der Waals surface area contributed by atoms with Gasteiger partial charge in [0.15, 0.2) is 0 Å². The fourth-order valence-electron chi connectivity index (χ4n) is 2.12. The van der Waals surface area contributed by atoms with Crippen molar-refractivity contribution in [3.05, 3.63) is 58.9 Å². The van der Waals surface area contributed by atoms with E-state index in [0.29, 0.717) is 16.7 Å². The van der Waals surface area contributed by atoms with E-state index in [2.05, 4.69) is 0 Å². The molecule has 0 amide bonds. The number of rotatable bonds is 3. The average molecular weight is 269 g/mol. The first-order chi connectivity index (χ1) is 9.52. The molecule has 0 aliphatic heterocycles. The average Bonchev–Trinajstić information content (AvgIpc) is 2.40. The molecule has 0 bridgehead atoms. The highest BCUT2D eigenvalue weighted by Gasteiger charge is 2.14. The third-order valence-corrected chi connectivity index (χ3v) is 3.02. The first-order valence-corrected chi connectivity index (χ1v) is 6.03. The zero-order valence-corrected chi connectivity index (χ0v) is 10.9. The van der Waals surface area contributed by atoms with E-state index in [1.54, 1.807) is 24.3 Å². The first-order valence-electron chi connectivity index (χ1n) is 6.03. The molecule has 0 unspecified atom stereocenters. The van der Waals surface area contributed by atoms with Crippen molar-refractivity contribution in [3.8, 4) is 17.2 Å². The summed E-state index contributed by atoms with van der Waals surface area (Å²) in [5.41, 5.74) is 2.42. The minimum Gasteiger partial charge on any atom is -0.481 e. The number of nitriles is 1. The Kier molecular flexibility index (Phi) is 3.81. The van der Waals surface area contributed by atoms with Crippen LogP contribution in [-0.2, 0) is 11.2 Å². The lowest BCUT2D eigenvalue weighted by Gasteiger charge is -2.11. The van der Waals surface area contributed by atoms with E-state index in [0.717, 1.165) is 5.56 Å². The van der Waals surface area contributed by atoms with Gasteiger partial charge in [-0.15, -0.1) is 0 Å². The number of hydrogen-bond donors (Lipinski definition) is 1. The second kappa shape index (κ2) is 5.54. The minimum atomic E-state index is -0.968. The van der Waals surface area contributed by atoms with Crippen LogP contribution in [0, 0.1) is 24.1 Å². The standard InChI is InChI=1S/C16H12FNO2/c1-10-5-6-11(8-16(19)20)13(7-10)12-3-2-4-15(17)14(12)9-18/h2-7H,8H2,1H3,(H,19,20). The lowest BCUT2D eigenvalue weighted by atomic mass is 9.92. The highest BCUT2D eigenvalue weighted by atomic mass is 19.1. The van der Waals surface area contributed by atoms with E-state index < -0.39 is 11.8 Å². The van der Waals surface area contributed by atoms with Crippen LogP contribution < -0.4 is 0 Å². The molecule has 0 radical (unpaired) electrons. The van der Waals surface area contributed by atoms with Crippen LogP contribution in [0.2, 0.25) is 0 Å². The van der Waals surface area contributed by atoms with Crippen LogP contribution in [0.5, 0.6) is 0 Å². The predicted molar refractivity (Wildman–Crippen MR) is 72.6 cm³/mol. The second-order valence-corrected chi connectivity index (χ2v) is 4.51. The Bertz CT molecular complexity index is 717. The van der Waals surface area contributed by atoms with Crippen LogP contribution in [0.15, 0.2) is 36.4 Å². The number of carboxylic acids is 1. The molecule has 2 rings (SSSR count). The minimum absolute atomic E-state index is 0.0651. The van der Waals surface area contributed by atoms with Crippen LogP contribution in [0.4, 0.5) is 4.39 Å². The summed E-state index contributed by atoms with van der Waals surface area (Å²) in [5, 5.41) is 18.0. The zero-order chi connectivity index (χ0) is 14.7. The Morgan fingerprint density at radius 1 is 1.30 bits per heavy atom. The van der Waals surface area contributed by atoms with Gasteiger partial charge >= 0.3 is 5.97 Å². The van der Waals surface area contributed by atoms with Gasteiger partial charge in [-0.05, 0) is 24.1 Å². The Morgan fingerprint density at radius 2 is 2.05 bits per heavy atom. The Balaban J connectivity index is 2.69. The number of aliphatic carboxylic acids is 1. The van der Waals surface area contributed by atoms with E-state index in [9.17, 15) is 9.18 Å². The third-order valence-electron chi connectivity index (χ3n) is 3.02. The van der Waals surface area contributed by atoms with Crippen molar-refractivity contribution < 1.29 is 14.3 Å². The maximum absolute atomic E-state index is 13.7. The van der Waals surface area contributed by atoms with Gasteiger partial charge in [-0.3, -0.25) is 4.79 Å². The molecule has 1 N–H and O–H groups in total. The number of aryl methyl sites for hydroxylation is 1. The molecule has 0 saturated heterocycles. The van der Waals surface area contributed by atoms with Gasteiger partial charge < -0.3 is 5.11 Å². The topological polar surface area (TPSA) is 61.1 Å². The third kappa shape index (κ3) is 2.67. The molecule has 0 aliphatic carbocycles. The molecule has 0 heterocycles. The first kappa shape index (κ1) is 13.8. The largest absolute Gasteiger partial charge is 0.481 e. The molecule has 0 atom stereocenters. The maximum Gasteiger partial charge on any atom is 0.307 e. The van der Waals surface area contributed by atoms with Crippen molar-refractivity contribution in [2.75, 3.05) is 0 Å². The van der Waals surface area contributed by atoms with Gasteiger partial charge in [0.25, 0.3) is 0 Å². The Labute approximate surface area is 115 Å². The Hall–Kier alpha value is -2.67. The van der Waals surface area contributed by atoms with Gasteiger partial charge in [0.1, 0.15) is 11.9 Å². The molecule has 0 saturated carbocycles. The molecule has 100 valence electrons. The summed E-state index contributed by atoms with van der Waals surface area (Å²) in [4.78, 5) is 10.9. The van der Waals surface area contributed by atoms with Crippen LogP contribution >= 0.6 is 0 Å². The summed E-state index contributed by atoms with van der Waals surface area (Å²) in [6, 6.07) is 11.5. The molecular weight excluding hydrogens is 257 g/mol. The van der Waals surface area contributed by atoms with E-state index in [-0.39, 0.29) is 12.0 Å². The molecule has 0 fully saturated rings. The van der Waals surface area contributed by atoms with E-state index in [4.69, 9.17) is 10.4 Å². The van der Waals surface area contributed by atoms with Crippen molar-refractivity contribution in [1.29, 1.82) is 5.26 Å². The van der Waals surface area contributed by atoms with E-state index >= 15 is 0 Å². The van der Waals surface area contributed by atoms with Crippen molar-refractivity contribution in [2.45, 2.75) is 13.3 Å². The van der Waals surface area contributed by atoms with Gasteiger partial charge in [0, 0.05) is 5.56 Å². The Morgan fingerprint density at radius 3 is 2.70 bits per heavy atom. The summed E-state index contributed by atoms with van der Waals surface area (Å²) in [5.74, 6) is -1.57. The van der Waals surface area contributed by atoms with Gasteiger partial charge in [-0.1, -0.05) is 35.9 Å². The smallest absolute Gasteiger partial charge is 0.307 e. The monoisotopic (exact) mass is 269 g/mol. The summed E-state index contributed by atoms with van der Waals surface area (Å²) in [6.07, 6.45) is -0.170. The number of carboxylic acid groups (broad SMARTS) is 1. The molecule has 2 aromatic rings. The SMILES string of the molecule is Cc1ccc(CC(=O)O)c(-c2cccc(F)c2C#N)c1. The molecule has 0 aliphatic rings. The molecule has 4 heteroatoms. The maximum atomic E-state index is 13.7. The van der Waals surface area contributed by atoms with Crippen molar-refractivity contribution >= 4 is 5.97 Å². The second-order valence-electron chi connectivity index (χ2n) is 4.51. The van der Waals surface area contributed by atoms with Gasteiger partial charge in [0.05, 0.1) is 12.0 Å². The molecule has 0 aromatic heterocycles. The van der Waals surface area contributed by atoms with E-state index in [1.807, 2.05) is 13.0 Å². The molecule has 2 aromatic carbocycles. The van der Waals surface area contributed by atoms with Gasteiger partial charge in [-0.25, -0.2) is 4.39 Å². The van der Waals surface area contributed by atoms with Gasteiger partial charge in [0.2, 0.25) is 0 Å². The number of carbonyl (C=O) groups is 1. The van der Waals surface area contributed by atoms with Crippen molar-refractivity contribution in [3.63, 3.8) is 0 Å². The summed E-state index contributed by atoms with van der Waals surface area (Å²) in [7, 11) is 0. The van der Waals surface area contributed by atoms with Crippen molar-refractivity contribution in [1.82, 2.24) is 0 Å². The van der Waals surface area contributed by atoms with Crippen LogP contribution in [0.1, 0.15) is 16.7 Å². The van der Waals surface area contributed by atoms with Crippen LogP contribution in [-0.4, -0.2) is 11.1 Å². The molecule has 20 heavy (non-hydrogen) atoms. The molecule has 0 spiro atoms. The fraction of sp³-hybridized carbons (Fsp3) is 0.125. The van der Waals surface area contributed by atoms with Gasteiger partial charge in [-0.2, -0.15) is 5.26 Å². The summed E-state index contributed by atoms with van der Waals surface area (Å²) in [6.45, 7) is 1.86. The lowest BCUT2D eigenvalue weighted by molar-refractivity contribution is -0.136. The predicted octanol–water partition coefficient (Wildman–Crippen LogP) is 3.30. The number of nitrogens with zero attached hydrogens (tertiary/aromatic N) is 1. The normalized spacial score (nSPS) is 10.1. The lowest BCUT2D eigenvalue weighted by Crippen LogP contribution is -2.03. The number of benzene rings is 2. The van der Waals surface area contributed by atoms with Crippen LogP contribution in [0.3, 0.4) is 0 Å². The molecule has 3 nitrogen and oxygen atoms in total. The number of halogens is 1. The zero-order valence-electron chi connectivity index (χ0n) is 10.9. The fourth-order valence-corrected chi connectivity index (χ4v) is 2.12. The highest BCUT2D eigenvalue weighted by molar-refractivity contribution is 5.79. The molecular formula is C16H12FNO2.